The molecule has 0 aromatic rings. The van der Waals surface area contributed by atoms with E-state index in [9.17, 15) is 14.4 Å². The van der Waals surface area contributed by atoms with Gasteiger partial charge in [-0.15, -0.1) is 0 Å². The second kappa shape index (κ2) is 7.52. The summed E-state index contributed by atoms with van der Waals surface area (Å²) in [6.45, 7) is 2.60. The van der Waals surface area contributed by atoms with Crippen molar-refractivity contribution in [3.05, 3.63) is 0 Å². The highest BCUT2D eigenvalue weighted by atomic mass is 16.2. The minimum Gasteiger partial charge on any atom is -0.353 e. The molecule has 104 valence electrons. The second-order valence-electron chi connectivity index (χ2n) is 4.76. The Kier molecular flexibility index (Phi) is 6.00. The third kappa shape index (κ3) is 5.51. The molecular weight excluding hydrogens is 246 g/mol. The first kappa shape index (κ1) is 15.2. The Balaban J connectivity index is 2.26. The molecule has 1 N–H and O–H groups in total. The number of likely N-dealkylation sites (tertiary alicyclic amines) is 1. The van der Waals surface area contributed by atoms with E-state index in [4.69, 9.17) is 5.26 Å². The van der Waals surface area contributed by atoms with Crippen LogP contribution in [0.25, 0.3) is 0 Å². The molecule has 1 heterocycles. The van der Waals surface area contributed by atoms with Crippen LogP contribution in [-0.4, -0.2) is 41.6 Å². The first-order valence-electron chi connectivity index (χ1n) is 6.46. The molecule has 0 aromatic heterocycles. The highest BCUT2D eigenvalue weighted by molar-refractivity contribution is 5.83. The molecule has 6 heteroatoms. The number of nitrogens with one attached hydrogen (secondary N) is 1. The van der Waals surface area contributed by atoms with Crippen molar-refractivity contribution in [2.45, 2.75) is 45.1 Å². The number of Topliss-reactive ketones (excluding diaryl/α,β-unsaturated/α-hetero) is 1. The van der Waals surface area contributed by atoms with Crippen LogP contribution in [0.2, 0.25) is 0 Å². The van der Waals surface area contributed by atoms with Gasteiger partial charge in [-0.2, -0.15) is 5.26 Å². The fourth-order valence-electron chi connectivity index (χ4n) is 2.04. The normalized spacial score (nSPS) is 15.7. The number of nitriles is 1. The van der Waals surface area contributed by atoms with Crippen LogP contribution in [-0.2, 0) is 14.4 Å². The lowest BCUT2D eigenvalue weighted by molar-refractivity contribution is -0.131. The van der Waals surface area contributed by atoms with Gasteiger partial charge in [-0.25, -0.2) is 0 Å². The number of hydrogen-bond donors (Lipinski definition) is 1. The Morgan fingerprint density at radius 3 is 2.42 bits per heavy atom. The number of hydrogen-bond acceptors (Lipinski definition) is 4. The molecule has 6 nitrogen and oxygen atoms in total. The Morgan fingerprint density at radius 2 is 1.89 bits per heavy atom. The molecule has 0 spiro atoms. The number of rotatable bonds is 5. The summed E-state index contributed by atoms with van der Waals surface area (Å²) in [5.41, 5.74) is 0. The summed E-state index contributed by atoms with van der Waals surface area (Å²) < 4.78 is 0. The van der Waals surface area contributed by atoms with Crippen molar-refractivity contribution in [3.63, 3.8) is 0 Å². The van der Waals surface area contributed by atoms with Crippen molar-refractivity contribution in [1.82, 2.24) is 10.2 Å². The molecule has 1 saturated heterocycles. The quantitative estimate of drug-likeness (QED) is 0.778. The number of piperidine rings is 1. The Hall–Kier alpha value is -1.90. The average molecular weight is 265 g/mol. The van der Waals surface area contributed by atoms with E-state index in [2.05, 4.69) is 5.32 Å². The van der Waals surface area contributed by atoms with Crippen molar-refractivity contribution in [2.24, 2.45) is 0 Å². The van der Waals surface area contributed by atoms with E-state index in [-0.39, 0.29) is 42.9 Å². The SMILES string of the molecule is CC(=O)CCC(=O)NC1CCN(C(=O)CC#N)CC1. The monoisotopic (exact) mass is 265 g/mol. The van der Waals surface area contributed by atoms with E-state index in [1.54, 1.807) is 4.90 Å². The molecule has 0 bridgehead atoms. The summed E-state index contributed by atoms with van der Waals surface area (Å²) in [6.07, 6.45) is 1.80. The van der Waals surface area contributed by atoms with Crippen molar-refractivity contribution >= 4 is 17.6 Å². The van der Waals surface area contributed by atoms with Gasteiger partial charge >= 0.3 is 0 Å². The first-order valence-corrected chi connectivity index (χ1v) is 6.46. The minimum atomic E-state index is -0.149. The number of ketones is 1. The van der Waals surface area contributed by atoms with Gasteiger partial charge in [0.05, 0.1) is 6.07 Å². The number of amides is 2. The zero-order valence-corrected chi connectivity index (χ0v) is 11.1. The summed E-state index contributed by atoms with van der Waals surface area (Å²) in [5.74, 6) is -0.257. The molecule has 1 aliphatic rings. The van der Waals surface area contributed by atoms with Gasteiger partial charge in [0, 0.05) is 32.0 Å². The van der Waals surface area contributed by atoms with Gasteiger partial charge in [0.1, 0.15) is 12.2 Å². The van der Waals surface area contributed by atoms with Gasteiger partial charge in [0.15, 0.2) is 0 Å². The van der Waals surface area contributed by atoms with Crippen molar-refractivity contribution in [3.8, 4) is 6.07 Å². The standard InChI is InChI=1S/C13H19N3O3/c1-10(17)2-3-12(18)15-11-5-8-16(9-6-11)13(19)4-7-14/h11H,2-6,8-9H2,1H3,(H,15,18). The van der Waals surface area contributed by atoms with Gasteiger partial charge in [0.2, 0.25) is 11.8 Å². The molecule has 0 aliphatic carbocycles. The van der Waals surface area contributed by atoms with Crippen molar-refractivity contribution < 1.29 is 14.4 Å². The molecule has 1 aliphatic heterocycles. The molecule has 19 heavy (non-hydrogen) atoms. The van der Waals surface area contributed by atoms with Crippen LogP contribution in [0.1, 0.15) is 39.0 Å². The van der Waals surface area contributed by atoms with Crippen LogP contribution < -0.4 is 5.32 Å². The number of carbonyl (C=O) groups excluding carboxylic acids is 3. The number of nitrogens with zero attached hydrogens (tertiary/aromatic N) is 2. The van der Waals surface area contributed by atoms with Crippen LogP contribution in [0.15, 0.2) is 0 Å². The lowest BCUT2D eigenvalue weighted by atomic mass is 10.0. The Bertz CT molecular complexity index is 392. The first-order chi connectivity index (χ1) is 9.02. The van der Waals surface area contributed by atoms with E-state index in [1.165, 1.54) is 6.92 Å². The molecule has 0 unspecified atom stereocenters. The molecule has 1 rings (SSSR count). The van der Waals surface area contributed by atoms with E-state index < -0.39 is 0 Å². The molecule has 0 radical (unpaired) electrons. The van der Waals surface area contributed by atoms with Gasteiger partial charge < -0.3 is 15.0 Å². The zero-order valence-electron chi connectivity index (χ0n) is 11.1. The van der Waals surface area contributed by atoms with Gasteiger partial charge in [-0.3, -0.25) is 9.59 Å². The molecule has 2 amide bonds. The molecular formula is C13H19N3O3. The summed E-state index contributed by atoms with van der Waals surface area (Å²) >= 11 is 0. The fraction of sp³-hybridized carbons (Fsp3) is 0.692. The van der Waals surface area contributed by atoms with Crippen LogP contribution in [0.3, 0.4) is 0 Å². The lowest BCUT2D eigenvalue weighted by Crippen LogP contribution is -2.46. The summed E-state index contributed by atoms with van der Waals surface area (Å²) in [6, 6.07) is 1.90. The fourth-order valence-corrected chi connectivity index (χ4v) is 2.04. The van der Waals surface area contributed by atoms with Crippen molar-refractivity contribution in [2.75, 3.05) is 13.1 Å². The third-order valence-corrected chi connectivity index (χ3v) is 3.15. The lowest BCUT2D eigenvalue weighted by Gasteiger charge is -2.32. The minimum absolute atomic E-state index is 0.00655. The van der Waals surface area contributed by atoms with Crippen molar-refractivity contribution in [1.29, 1.82) is 5.26 Å². The highest BCUT2D eigenvalue weighted by Gasteiger charge is 2.23. The topological polar surface area (TPSA) is 90.3 Å². The smallest absolute Gasteiger partial charge is 0.236 e. The summed E-state index contributed by atoms with van der Waals surface area (Å²) in [4.78, 5) is 35.5. The highest BCUT2D eigenvalue weighted by Crippen LogP contribution is 2.11. The number of carbonyl (C=O) groups is 3. The van der Waals surface area contributed by atoms with E-state index in [0.717, 1.165) is 0 Å². The van der Waals surface area contributed by atoms with Crippen LogP contribution in [0.5, 0.6) is 0 Å². The summed E-state index contributed by atoms with van der Waals surface area (Å²) in [5, 5.41) is 11.3. The molecule has 1 fully saturated rings. The van der Waals surface area contributed by atoms with Gasteiger partial charge in [-0.05, 0) is 19.8 Å². The molecule has 0 atom stereocenters. The maximum atomic E-state index is 11.5. The largest absolute Gasteiger partial charge is 0.353 e. The predicted molar refractivity (Wildman–Crippen MR) is 67.9 cm³/mol. The van der Waals surface area contributed by atoms with Crippen LogP contribution in [0.4, 0.5) is 0 Å². The molecule has 0 aromatic carbocycles. The Labute approximate surface area is 112 Å². The maximum Gasteiger partial charge on any atom is 0.236 e. The van der Waals surface area contributed by atoms with Crippen LogP contribution in [0, 0.1) is 11.3 Å². The van der Waals surface area contributed by atoms with E-state index >= 15 is 0 Å². The summed E-state index contributed by atoms with van der Waals surface area (Å²) in [7, 11) is 0. The second-order valence-corrected chi connectivity index (χ2v) is 4.76. The van der Waals surface area contributed by atoms with E-state index in [0.29, 0.717) is 25.9 Å². The van der Waals surface area contributed by atoms with Gasteiger partial charge in [0.25, 0.3) is 0 Å². The third-order valence-electron chi connectivity index (χ3n) is 3.15. The molecule has 0 saturated carbocycles. The van der Waals surface area contributed by atoms with Gasteiger partial charge in [-0.1, -0.05) is 0 Å². The predicted octanol–water partition coefficient (Wildman–Crippen LogP) is 0.376. The average Bonchev–Trinajstić information content (AvgIpc) is 2.37. The van der Waals surface area contributed by atoms with E-state index in [1.807, 2.05) is 6.07 Å². The zero-order chi connectivity index (χ0) is 14.3. The maximum absolute atomic E-state index is 11.5. The Morgan fingerprint density at radius 1 is 1.26 bits per heavy atom. The van der Waals surface area contributed by atoms with Crippen LogP contribution >= 0.6 is 0 Å².